The van der Waals surface area contributed by atoms with E-state index in [2.05, 4.69) is 21.9 Å². The van der Waals surface area contributed by atoms with Gasteiger partial charge in [-0.2, -0.15) is 4.98 Å². The number of nitrogens with zero attached hydrogens (tertiary/aromatic N) is 2. The number of halogens is 1. The molecule has 0 aliphatic carbocycles. The lowest BCUT2D eigenvalue weighted by Gasteiger charge is -2.08. The molecule has 0 aliphatic heterocycles. The van der Waals surface area contributed by atoms with Gasteiger partial charge in [-0.15, -0.1) is 0 Å². The zero-order valence-corrected chi connectivity index (χ0v) is 21.0. The normalized spacial score (nSPS) is 11.0. The Bertz CT molecular complexity index is 1580. The molecule has 0 aliphatic rings. The van der Waals surface area contributed by atoms with E-state index in [1.165, 1.54) is 6.07 Å². The number of imidazole rings is 1. The van der Waals surface area contributed by atoms with Crippen LogP contribution in [-0.2, 0) is 0 Å². The molecule has 0 unspecified atom stereocenters. The van der Waals surface area contributed by atoms with Crippen LogP contribution in [0.25, 0.3) is 33.5 Å². The van der Waals surface area contributed by atoms with Crippen molar-refractivity contribution in [2.45, 2.75) is 20.3 Å². The molecule has 3 aromatic carbocycles. The highest BCUT2D eigenvalue weighted by Crippen LogP contribution is 2.32. The van der Waals surface area contributed by atoms with Crippen LogP contribution in [0.4, 0.5) is 0 Å². The Morgan fingerprint density at radius 2 is 1.57 bits per heavy atom. The summed E-state index contributed by atoms with van der Waals surface area (Å²) in [7, 11) is 0. The number of aryl methyl sites for hydroxylation is 1. The highest BCUT2D eigenvalue weighted by Gasteiger charge is 2.14. The second-order valence-corrected chi connectivity index (χ2v) is 8.97. The van der Waals surface area contributed by atoms with Crippen molar-refractivity contribution >= 4 is 28.7 Å². The third-order valence-corrected chi connectivity index (χ3v) is 6.17. The van der Waals surface area contributed by atoms with Gasteiger partial charge in [0.15, 0.2) is 5.65 Å². The molecule has 0 saturated carbocycles. The zero-order chi connectivity index (χ0) is 25.9. The Balaban J connectivity index is 1.38. The first-order valence-electron chi connectivity index (χ1n) is 11.8. The predicted molar refractivity (Wildman–Crippen MR) is 144 cm³/mol. The molecule has 2 N–H and O–H groups in total. The first-order valence-corrected chi connectivity index (χ1v) is 12.2. The molecule has 0 radical (unpaired) electrons. The van der Waals surface area contributed by atoms with Gasteiger partial charge in [0.1, 0.15) is 11.5 Å². The maximum Gasteiger partial charge on any atom is 0.336 e. The Kier molecular flexibility index (Phi) is 6.79. The number of ether oxygens (including phenoxy) is 2. The average molecular weight is 514 g/mol. The summed E-state index contributed by atoms with van der Waals surface area (Å²) in [6, 6.07) is 22.8. The number of hydrogen-bond acceptors (Lipinski definition) is 5. The lowest BCUT2D eigenvalue weighted by atomic mass is 10.0. The number of H-pyrrole nitrogens is 1. The van der Waals surface area contributed by atoms with Crippen molar-refractivity contribution in [3.63, 3.8) is 0 Å². The average Bonchev–Trinajstić information content (AvgIpc) is 3.29. The monoisotopic (exact) mass is 513 g/mol. The minimum Gasteiger partial charge on any atom is -0.494 e. The van der Waals surface area contributed by atoms with E-state index in [-0.39, 0.29) is 11.6 Å². The summed E-state index contributed by atoms with van der Waals surface area (Å²) in [6.45, 7) is 4.51. The van der Waals surface area contributed by atoms with E-state index in [0.29, 0.717) is 39.8 Å². The van der Waals surface area contributed by atoms with Crippen LogP contribution >= 0.6 is 11.6 Å². The minimum absolute atomic E-state index is 0.168. The van der Waals surface area contributed by atoms with Gasteiger partial charge in [-0.05, 0) is 60.4 Å². The van der Waals surface area contributed by atoms with Crippen molar-refractivity contribution in [3.8, 4) is 39.9 Å². The van der Waals surface area contributed by atoms with Gasteiger partial charge in [0, 0.05) is 5.56 Å². The fourth-order valence-electron chi connectivity index (χ4n) is 3.94. The van der Waals surface area contributed by atoms with E-state index < -0.39 is 5.97 Å². The van der Waals surface area contributed by atoms with Gasteiger partial charge in [0.25, 0.3) is 0 Å². The zero-order valence-electron chi connectivity index (χ0n) is 20.3. The summed E-state index contributed by atoms with van der Waals surface area (Å²) in [4.78, 5) is 23.5. The van der Waals surface area contributed by atoms with Crippen molar-refractivity contribution in [2.75, 3.05) is 6.61 Å². The van der Waals surface area contributed by atoms with Gasteiger partial charge in [0.05, 0.1) is 28.4 Å². The molecule has 0 spiro atoms. The Morgan fingerprint density at radius 1 is 0.919 bits per heavy atom. The van der Waals surface area contributed by atoms with Gasteiger partial charge in [0.2, 0.25) is 0 Å². The summed E-state index contributed by atoms with van der Waals surface area (Å²) in [5, 5.41) is 9.82. The maximum atomic E-state index is 11.4. The van der Waals surface area contributed by atoms with Gasteiger partial charge in [-0.1, -0.05) is 61.0 Å². The molecule has 186 valence electrons. The van der Waals surface area contributed by atoms with E-state index >= 15 is 0 Å². The Hall–Kier alpha value is -4.36. The summed E-state index contributed by atoms with van der Waals surface area (Å²) >= 11 is 6.57. The van der Waals surface area contributed by atoms with Crippen molar-refractivity contribution in [3.05, 3.63) is 88.9 Å². The predicted octanol–water partition coefficient (Wildman–Crippen LogP) is 7.53. The molecule has 7 nitrogen and oxygen atoms in total. The number of benzene rings is 3. The first kappa shape index (κ1) is 24.3. The number of carbonyl (C=O) groups is 1. The Labute approximate surface area is 218 Å². The maximum absolute atomic E-state index is 11.4. The van der Waals surface area contributed by atoms with Crippen LogP contribution in [0, 0.1) is 6.92 Å². The largest absolute Gasteiger partial charge is 0.494 e. The number of carboxylic acids is 1. The van der Waals surface area contributed by atoms with Gasteiger partial charge < -0.3 is 19.6 Å². The van der Waals surface area contributed by atoms with Gasteiger partial charge >= 0.3 is 12.0 Å². The van der Waals surface area contributed by atoms with Gasteiger partial charge in [-0.25, -0.2) is 9.78 Å². The highest BCUT2D eigenvalue weighted by molar-refractivity contribution is 6.33. The number of rotatable bonds is 8. The molecule has 0 amide bonds. The highest BCUT2D eigenvalue weighted by atomic mass is 35.5. The quantitative estimate of drug-likeness (QED) is 0.222. The summed E-state index contributed by atoms with van der Waals surface area (Å²) < 4.78 is 11.4. The molecule has 0 bridgehead atoms. The third kappa shape index (κ3) is 5.27. The van der Waals surface area contributed by atoms with Gasteiger partial charge in [-0.3, -0.25) is 0 Å². The number of aromatic amines is 1. The van der Waals surface area contributed by atoms with Crippen LogP contribution in [0.5, 0.6) is 17.5 Å². The van der Waals surface area contributed by atoms with Crippen molar-refractivity contribution in [2.24, 2.45) is 0 Å². The van der Waals surface area contributed by atoms with Crippen LogP contribution in [-0.4, -0.2) is 32.6 Å². The molecule has 0 saturated heterocycles. The van der Waals surface area contributed by atoms with Crippen molar-refractivity contribution < 1.29 is 19.4 Å². The number of fused-ring (bicyclic) bond motifs is 1. The lowest BCUT2D eigenvalue weighted by molar-refractivity contribution is 0.0695. The van der Waals surface area contributed by atoms with E-state index in [4.69, 9.17) is 21.1 Å². The first-order chi connectivity index (χ1) is 17.9. The molecular formula is C29H24ClN3O4. The SMILES string of the molecule is CCCOc1ccc(-c2ccc(-c3nc4nc(Oc5ccc(C)c(C(=O)O)c5)[nH]c4cc3Cl)cc2)cc1. The van der Waals surface area contributed by atoms with Crippen LogP contribution in [0.3, 0.4) is 0 Å². The number of hydrogen-bond donors (Lipinski definition) is 2. The van der Waals surface area contributed by atoms with Crippen LogP contribution < -0.4 is 9.47 Å². The van der Waals surface area contributed by atoms with E-state index in [1.807, 2.05) is 48.5 Å². The third-order valence-electron chi connectivity index (χ3n) is 5.88. The second kappa shape index (κ2) is 10.3. The summed E-state index contributed by atoms with van der Waals surface area (Å²) in [6.07, 6.45) is 0.971. The number of carboxylic acid groups (broad SMARTS) is 1. The van der Waals surface area contributed by atoms with E-state index in [0.717, 1.165) is 28.9 Å². The number of nitrogens with one attached hydrogen (secondary N) is 1. The molecule has 0 atom stereocenters. The number of aromatic nitrogens is 3. The topological polar surface area (TPSA) is 97.3 Å². The second-order valence-electron chi connectivity index (χ2n) is 8.57. The molecule has 2 aromatic heterocycles. The van der Waals surface area contributed by atoms with Crippen LogP contribution in [0.15, 0.2) is 72.8 Å². The fourth-order valence-corrected chi connectivity index (χ4v) is 4.20. The minimum atomic E-state index is -1.02. The van der Waals surface area contributed by atoms with Crippen molar-refractivity contribution in [1.82, 2.24) is 15.0 Å². The van der Waals surface area contributed by atoms with E-state index in [1.54, 1.807) is 25.1 Å². The molecule has 2 heterocycles. The number of pyridine rings is 1. The molecule has 5 aromatic rings. The molecule has 0 fully saturated rings. The van der Waals surface area contributed by atoms with E-state index in [9.17, 15) is 9.90 Å². The van der Waals surface area contributed by atoms with Crippen LogP contribution in [0.2, 0.25) is 5.02 Å². The smallest absolute Gasteiger partial charge is 0.336 e. The lowest BCUT2D eigenvalue weighted by Crippen LogP contribution is -2.00. The summed E-state index contributed by atoms with van der Waals surface area (Å²) in [5.41, 5.74) is 5.47. The molecule has 5 rings (SSSR count). The fraction of sp³-hybridized carbons (Fsp3) is 0.138. The number of aromatic carboxylic acids is 1. The Morgan fingerprint density at radius 3 is 2.24 bits per heavy atom. The van der Waals surface area contributed by atoms with Crippen molar-refractivity contribution in [1.29, 1.82) is 0 Å². The summed E-state index contributed by atoms with van der Waals surface area (Å²) in [5.74, 6) is 0.196. The standard InChI is InChI=1S/C29H24ClN3O4/c1-3-14-36-21-12-9-19(10-13-21)18-5-7-20(8-6-18)26-24(30)16-25-27(32-26)33-29(31-25)37-22-11-4-17(2)23(15-22)28(34)35/h4-13,15-16H,3,14H2,1-2H3,(H,34,35)(H,31,32,33). The van der Waals surface area contributed by atoms with Crippen LogP contribution in [0.1, 0.15) is 29.3 Å². The molecule has 8 heteroatoms. The molecular weight excluding hydrogens is 490 g/mol. The molecule has 37 heavy (non-hydrogen) atoms.